The minimum Gasteiger partial charge on any atom is -0.380 e. The topological polar surface area (TPSA) is 103 Å². The lowest BCUT2D eigenvalue weighted by atomic mass is 9.87. The Hall–Kier alpha value is -3.10. The average Bonchev–Trinajstić information content (AvgIpc) is 2.79. The Morgan fingerprint density at radius 3 is 2.53 bits per heavy atom. The average molecular weight is 470 g/mol. The maximum Gasteiger partial charge on any atom is 0.259 e. The number of morpholine rings is 1. The SMILES string of the molecule is CCCC(=N)c1ccc(NC(=O)C(O)C2OCCN(c3ccc(C(C)(C)C)cc3)C2=O)c(F)c1. The Kier molecular flexibility index (Phi) is 7.84. The molecule has 2 unspecified atom stereocenters. The fourth-order valence-corrected chi connectivity index (χ4v) is 3.77. The molecule has 0 aliphatic carbocycles. The van der Waals surface area contributed by atoms with Gasteiger partial charge in [0.25, 0.3) is 11.8 Å². The summed E-state index contributed by atoms with van der Waals surface area (Å²) in [5, 5.41) is 20.8. The van der Waals surface area contributed by atoms with Gasteiger partial charge in [-0.15, -0.1) is 0 Å². The van der Waals surface area contributed by atoms with Gasteiger partial charge < -0.3 is 25.5 Å². The Bertz CT molecular complexity index is 1060. The Labute approximate surface area is 199 Å². The summed E-state index contributed by atoms with van der Waals surface area (Å²) in [6.07, 6.45) is -1.95. The van der Waals surface area contributed by atoms with Gasteiger partial charge >= 0.3 is 0 Å². The minimum atomic E-state index is -1.82. The summed E-state index contributed by atoms with van der Waals surface area (Å²) < 4.78 is 19.9. The van der Waals surface area contributed by atoms with Crippen LogP contribution in [0.25, 0.3) is 0 Å². The van der Waals surface area contributed by atoms with Gasteiger partial charge in [0.2, 0.25) is 0 Å². The number of halogens is 1. The van der Waals surface area contributed by atoms with E-state index in [2.05, 4.69) is 26.1 Å². The predicted molar refractivity (Wildman–Crippen MR) is 130 cm³/mol. The van der Waals surface area contributed by atoms with E-state index in [0.29, 0.717) is 29.9 Å². The number of carbonyl (C=O) groups excluding carboxylic acids is 2. The summed E-state index contributed by atoms with van der Waals surface area (Å²) in [4.78, 5) is 27.1. The van der Waals surface area contributed by atoms with E-state index in [1.165, 1.54) is 23.1 Å². The summed E-state index contributed by atoms with van der Waals surface area (Å²) in [5.41, 5.74) is 2.32. The fraction of sp³-hybridized carbons (Fsp3) is 0.423. The number of carbonyl (C=O) groups is 2. The number of aliphatic hydroxyl groups excluding tert-OH is 1. The van der Waals surface area contributed by atoms with Gasteiger partial charge in [-0.3, -0.25) is 9.59 Å². The zero-order valence-corrected chi connectivity index (χ0v) is 20.0. The van der Waals surface area contributed by atoms with Crippen LogP contribution in [0.1, 0.15) is 51.7 Å². The van der Waals surface area contributed by atoms with Crippen molar-refractivity contribution in [1.82, 2.24) is 0 Å². The molecule has 1 heterocycles. The van der Waals surface area contributed by atoms with Crippen molar-refractivity contribution in [2.75, 3.05) is 23.4 Å². The van der Waals surface area contributed by atoms with Crippen molar-refractivity contribution in [1.29, 1.82) is 5.41 Å². The molecule has 0 aromatic heterocycles. The molecule has 1 aliphatic heterocycles. The van der Waals surface area contributed by atoms with Gasteiger partial charge in [0, 0.05) is 17.9 Å². The van der Waals surface area contributed by atoms with E-state index in [1.54, 1.807) is 0 Å². The second kappa shape index (κ2) is 10.4. The predicted octanol–water partition coefficient (Wildman–Crippen LogP) is 4.02. The third-order valence-electron chi connectivity index (χ3n) is 5.80. The number of hydrogen-bond donors (Lipinski definition) is 3. The highest BCUT2D eigenvalue weighted by Crippen LogP contribution is 2.27. The molecule has 0 radical (unpaired) electrons. The molecule has 8 heteroatoms. The van der Waals surface area contributed by atoms with Crippen molar-refractivity contribution in [3.05, 3.63) is 59.4 Å². The first-order valence-electron chi connectivity index (χ1n) is 11.4. The molecule has 1 saturated heterocycles. The summed E-state index contributed by atoms with van der Waals surface area (Å²) in [7, 11) is 0. The van der Waals surface area contributed by atoms with Crippen LogP contribution in [0.4, 0.5) is 15.8 Å². The maximum atomic E-state index is 14.5. The summed E-state index contributed by atoms with van der Waals surface area (Å²) in [5.74, 6) is -2.21. The number of benzene rings is 2. The minimum absolute atomic E-state index is 0.0336. The number of ether oxygens (including phenoxy) is 1. The van der Waals surface area contributed by atoms with Gasteiger partial charge in [0.05, 0.1) is 12.3 Å². The normalized spacial score (nSPS) is 17.4. The molecule has 1 aliphatic rings. The Morgan fingerprint density at radius 2 is 1.94 bits per heavy atom. The lowest BCUT2D eigenvalue weighted by molar-refractivity contribution is -0.150. The smallest absolute Gasteiger partial charge is 0.259 e. The number of nitrogens with zero attached hydrogens (tertiary/aromatic N) is 1. The molecule has 182 valence electrons. The van der Waals surface area contributed by atoms with Crippen LogP contribution >= 0.6 is 0 Å². The molecule has 2 amide bonds. The Balaban J connectivity index is 1.70. The quantitative estimate of drug-likeness (QED) is 0.533. The third kappa shape index (κ3) is 5.69. The van der Waals surface area contributed by atoms with Gasteiger partial charge in [-0.05, 0) is 47.2 Å². The van der Waals surface area contributed by atoms with Gasteiger partial charge in [-0.2, -0.15) is 0 Å². The van der Waals surface area contributed by atoms with Crippen molar-refractivity contribution in [3.8, 4) is 0 Å². The van der Waals surface area contributed by atoms with Crippen LogP contribution in [0.3, 0.4) is 0 Å². The summed E-state index contributed by atoms with van der Waals surface area (Å²) in [6, 6.07) is 11.6. The molecule has 34 heavy (non-hydrogen) atoms. The molecule has 2 atom stereocenters. The first kappa shape index (κ1) is 25.5. The van der Waals surface area contributed by atoms with Crippen molar-refractivity contribution < 1.29 is 23.8 Å². The van der Waals surface area contributed by atoms with Crippen molar-refractivity contribution in [2.24, 2.45) is 0 Å². The second-order valence-corrected chi connectivity index (χ2v) is 9.44. The van der Waals surface area contributed by atoms with Crippen LogP contribution in [0.5, 0.6) is 0 Å². The van der Waals surface area contributed by atoms with Gasteiger partial charge in [0.1, 0.15) is 5.82 Å². The van der Waals surface area contributed by atoms with Crippen molar-refractivity contribution in [2.45, 2.75) is 58.2 Å². The highest BCUT2D eigenvalue weighted by Gasteiger charge is 2.39. The largest absolute Gasteiger partial charge is 0.380 e. The molecule has 2 aromatic rings. The first-order chi connectivity index (χ1) is 16.0. The van der Waals surface area contributed by atoms with E-state index in [4.69, 9.17) is 10.1 Å². The standard InChI is InChI=1S/C26H32FN3O4/c1-5-6-20(28)16-7-12-21(19(27)15-16)29-24(32)22(31)23-25(33)30(13-14-34-23)18-10-8-17(9-11-18)26(2,3)4/h7-12,15,22-23,28,31H,5-6,13-14H2,1-4H3,(H,29,32). The fourth-order valence-electron chi connectivity index (χ4n) is 3.77. The van der Waals surface area contributed by atoms with Crippen molar-refractivity contribution >= 4 is 28.9 Å². The van der Waals surface area contributed by atoms with Gasteiger partial charge in [-0.25, -0.2) is 4.39 Å². The number of nitrogens with one attached hydrogen (secondary N) is 2. The summed E-state index contributed by atoms with van der Waals surface area (Å²) >= 11 is 0. The molecular weight excluding hydrogens is 437 g/mol. The van der Waals surface area contributed by atoms with E-state index in [0.717, 1.165) is 12.0 Å². The van der Waals surface area contributed by atoms with E-state index in [9.17, 15) is 19.1 Å². The third-order valence-corrected chi connectivity index (χ3v) is 5.80. The summed E-state index contributed by atoms with van der Waals surface area (Å²) in [6.45, 7) is 8.65. The molecule has 3 N–H and O–H groups in total. The zero-order chi connectivity index (χ0) is 25.0. The van der Waals surface area contributed by atoms with Crippen LogP contribution in [0, 0.1) is 11.2 Å². The number of aliphatic hydroxyl groups is 1. The number of hydrogen-bond acceptors (Lipinski definition) is 5. The van der Waals surface area contributed by atoms with Gasteiger partial charge in [0.15, 0.2) is 12.2 Å². The lowest BCUT2D eigenvalue weighted by Crippen LogP contribution is -2.55. The molecule has 0 spiro atoms. The second-order valence-electron chi connectivity index (χ2n) is 9.44. The van der Waals surface area contributed by atoms with E-state index >= 15 is 0 Å². The zero-order valence-electron chi connectivity index (χ0n) is 20.0. The van der Waals surface area contributed by atoms with Crippen LogP contribution in [-0.2, 0) is 19.7 Å². The van der Waals surface area contributed by atoms with E-state index in [-0.39, 0.29) is 17.7 Å². The first-order valence-corrected chi connectivity index (χ1v) is 11.4. The molecule has 0 bridgehead atoms. The highest BCUT2D eigenvalue weighted by atomic mass is 19.1. The number of anilines is 2. The van der Waals surface area contributed by atoms with Crippen LogP contribution in [-0.4, -0.2) is 48.0 Å². The number of rotatable bonds is 7. The molecular formula is C26H32FN3O4. The molecule has 7 nitrogen and oxygen atoms in total. The molecule has 2 aromatic carbocycles. The van der Waals surface area contributed by atoms with Crippen molar-refractivity contribution in [3.63, 3.8) is 0 Å². The molecule has 1 fully saturated rings. The van der Waals surface area contributed by atoms with E-state index in [1.807, 2.05) is 31.2 Å². The molecule has 3 rings (SSSR count). The monoisotopic (exact) mass is 469 g/mol. The van der Waals surface area contributed by atoms with Crippen LogP contribution < -0.4 is 10.2 Å². The lowest BCUT2D eigenvalue weighted by Gasteiger charge is -2.34. The Morgan fingerprint density at radius 1 is 1.26 bits per heavy atom. The maximum absolute atomic E-state index is 14.5. The van der Waals surface area contributed by atoms with Crippen LogP contribution in [0.15, 0.2) is 42.5 Å². The van der Waals surface area contributed by atoms with Gasteiger partial charge in [-0.1, -0.05) is 52.3 Å². The number of amides is 2. The van der Waals surface area contributed by atoms with Crippen LogP contribution in [0.2, 0.25) is 0 Å². The molecule has 0 saturated carbocycles. The highest BCUT2D eigenvalue weighted by molar-refractivity contribution is 6.04. The van der Waals surface area contributed by atoms with E-state index < -0.39 is 29.8 Å².